The van der Waals surface area contributed by atoms with Crippen LogP contribution in [0.2, 0.25) is 0 Å². The van der Waals surface area contributed by atoms with Gasteiger partial charge in [0.1, 0.15) is 0 Å². The van der Waals surface area contributed by atoms with Gasteiger partial charge in [0, 0.05) is 17.5 Å². The lowest BCUT2D eigenvalue weighted by molar-refractivity contribution is -0.119. The first-order valence-corrected chi connectivity index (χ1v) is 9.56. The number of anilines is 1. The van der Waals surface area contributed by atoms with Crippen molar-refractivity contribution in [2.45, 2.75) is 19.5 Å². The highest BCUT2D eigenvalue weighted by Gasteiger charge is 2.16. The van der Waals surface area contributed by atoms with Crippen molar-refractivity contribution in [1.82, 2.24) is 9.78 Å². The largest absolute Gasteiger partial charge is 0.308 e. The first kappa shape index (κ1) is 18.6. The van der Waals surface area contributed by atoms with Gasteiger partial charge >= 0.3 is 0 Å². The summed E-state index contributed by atoms with van der Waals surface area (Å²) in [4.78, 5) is 27.0. The Kier molecular flexibility index (Phi) is 5.47. The molecule has 0 aliphatic carbocycles. The molecule has 4 aromatic rings. The summed E-state index contributed by atoms with van der Waals surface area (Å²) in [6, 6.07) is 26.9. The fraction of sp³-hybridized carbons (Fsp3) is 0.125. The van der Waals surface area contributed by atoms with E-state index in [-0.39, 0.29) is 17.8 Å². The van der Waals surface area contributed by atoms with E-state index in [9.17, 15) is 9.59 Å². The van der Waals surface area contributed by atoms with Crippen molar-refractivity contribution in [1.29, 1.82) is 0 Å². The second kappa shape index (κ2) is 8.52. The number of hydrogen-bond donors (Lipinski definition) is 0. The highest BCUT2D eigenvalue weighted by atomic mass is 16.2. The molecule has 0 saturated carbocycles. The van der Waals surface area contributed by atoms with Gasteiger partial charge in [-0.15, -0.1) is 0 Å². The first-order chi connectivity index (χ1) is 14.2. The summed E-state index contributed by atoms with van der Waals surface area (Å²) in [6.07, 6.45) is 1.59. The van der Waals surface area contributed by atoms with E-state index in [4.69, 9.17) is 0 Å². The van der Waals surface area contributed by atoms with E-state index in [0.717, 1.165) is 16.8 Å². The third kappa shape index (κ3) is 4.24. The van der Waals surface area contributed by atoms with E-state index in [1.807, 2.05) is 78.9 Å². The van der Waals surface area contributed by atoms with Crippen molar-refractivity contribution < 1.29 is 4.79 Å². The Labute approximate surface area is 168 Å². The average Bonchev–Trinajstić information content (AvgIpc) is 2.78. The summed E-state index contributed by atoms with van der Waals surface area (Å²) in [6.45, 7) is 0.903. The van der Waals surface area contributed by atoms with Crippen LogP contribution in [0.1, 0.15) is 12.0 Å². The number of para-hydroxylation sites is 2. The Bertz CT molecular complexity index is 1170. The standard InChI is InChI=1S/C24H21N3O2/c28-23-17-25-27(22-14-8-7-13-21(22)23)16-15-24(29)26(20-11-5-2-6-12-20)18-19-9-3-1-4-10-19/h1-14,17H,15-16,18H2. The highest BCUT2D eigenvalue weighted by molar-refractivity contribution is 5.93. The molecule has 0 N–H and O–H groups in total. The molecule has 1 aromatic heterocycles. The lowest BCUT2D eigenvalue weighted by Crippen LogP contribution is -2.31. The van der Waals surface area contributed by atoms with Crippen LogP contribution in [0, 0.1) is 0 Å². The maximum absolute atomic E-state index is 13.1. The Morgan fingerprint density at radius 2 is 1.52 bits per heavy atom. The summed E-state index contributed by atoms with van der Waals surface area (Å²) in [7, 11) is 0. The first-order valence-electron chi connectivity index (χ1n) is 9.56. The predicted molar refractivity (Wildman–Crippen MR) is 115 cm³/mol. The minimum absolute atomic E-state index is 0.00429. The van der Waals surface area contributed by atoms with Crippen molar-refractivity contribution in [3.05, 3.63) is 107 Å². The minimum Gasteiger partial charge on any atom is -0.308 e. The van der Waals surface area contributed by atoms with Gasteiger partial charge in [-0.2, -0.15) is 5.10 Å². The number of nitrogens with zero attached hydrogens (tertiary/aromatic N) is 3. The summed E-state index contributed by atoms with van der Waals surface area (Å²) in [5.74, 6) is 0.00429. The molecule has 0 bridgehead atoms. The van der Waals surface area contributed by atoms with Crippen molar-refractivity contribution in [3.63, 3.8) is 0 Å². The SMILES string of the molecule is O=C(CCn1ncc(=O)c2ccccc21)N(Cc1ccccc1)c1ccccc1. The van der Waals surface area contributed by atoms with Crippen molar-refractivity contribution in [2.75, 3.05) is 4.90 Å². The molecule has 0 spiro atoms. The van der Waals surface area contributed by atoms with Crippen LogP contribution in [-0.4, -0.2) is 15.7 Å². The Hall–Kier alpha value is -3.73. The number of carbonyl (C=O) groups is 1. The number of hydrogen-bond acceptors (Lipinski definition) is 3. The number of fused-ring (bicyclic) bond motifs is 1. The second-order valence-electron chi connectivity index (χ2n) is 6.80. The quantitative estimate of drug-likeness (QED) is 0.505. The Morgan fingerprint density at radius 1 is 0.862 bits per heavy atom. The van der Waals surface area contributed by atoms with Gasteiger partial charge in [0.25, 0.3) is 0 Å². The molecule has 1 heterocycles. The fourth-order valence-electron chi connectivity index (χ4n) is 3.37. The third-order valence-corrected chi connectivity index (χ3v) is 4.85. The number of carbonyl (C=O) groups excluding carboxylic acids is 1. The van der Waals surface area contributed by atoms with Gasteiger partial charge in [0.15, 0.2) is 0 Å². The predicted octanol–water partition coefficient (Wildman–Crippen LogP) is 4.02. The van der Waals surface area contributed by atoms with Gasteiger partial charge < -0.3 is 4.90 Å². The van der Waals surface area contributed by atoms with Gasteiger partial charge in [-0.3, -0.25) is 14.3 Å². The third-order valence-electron chi connectivity index (χ3n) is 4.85. The summed E-state index contributed by atoms with van der Waals surface area (Å²) >= 11 is 0. The lowest BCUT2D eigenvalue weighted by Gasteiger charge is -2.23. The van der Waals surface area contributed by atoms with Gasteiger partial charge in [-0.1, -0.05) is 60.7 Å². The normalized spacial score (nSPS) is 10.8. The van der Waals surface area contributed by atoms with E-state index in [1.165, 1.54) is 6.20 Å². The molecule has 3 aromatic carbocycles. The molecule has 0 aliphatic rings. The van der Waals surface area contributed by atoms with Crippen LogP contribution in [0.4, 0.5) is 5.69 Å². The van der Waals surface area contributed by atoms with Crippen LogP contribution >= 0.6 is 0 Å². The Balaban J connectivity index is 1.57. The van der Waals surface area contributed by atoms with Crippen LogP contribution in [-0.2, 0) is 17.9 Å². The van der Waals surface area contributed by atoms with Crippen LogP contribution in [0.15, 0.2) is 95.9 Å². The fourth-order valence-corrected chi connectivity index (χ4v) is 3.37. The van der Waals surface area contributed by atoms with E-state index in [1.54, 1.807) is 15.6 Å². The summed E-state index contributed by atoms with van der Waals surface area (Å²) in [5.41, 5.74) is 2.55. The number of benzene rings is 3. The van der Waals surface area contributed by atoms with Crippen LogP contribution in [0.3, 0.4) is 0 Å². The molecule has 5 nitrogen and oxygen atoms in total. The van der Waals surface area contributed by atoms with E-state index < -0.39 is 0 Å². The molecule has 0 aliphatic heterocycles. The zero-order chi connectivity index (χ0) is 20.1. The van der Waals surface area contributed by atoms with E-state index in [0.29, 0.717) is 18.5 Å². The maximum atomic E-state index is 13.1. The van der Waals surface area contributed by atoms with Gasteiger partial charge in [0.05, 0.1) is 24.8 Å². The zero-order valence-electron chi connectivity index (χ0n) is 15.9. The van der Waals surface area contributed by atoms with Crippen LogP contribution < -0.4 is 10.3 Å². The van der Waals surface area contributed by atoms with Crippen molar-refractivity contribution >= 4 is 22.5 Å². The minimum atomic E-state index is -0.113. The molecule has 0 fully saturated rings. The molecule has 144 valence electrons. The molecule has 0 radical (unpaired) electrons. The number of rotatable bonds is 6. The second-order valence-corrected chi connectivity index (χ2v) is 6.80. The molecular weight excluding hydrogens is 362 g/mol. The highest BCUT2D eigenvalue weighted by Crippen LogP contribution is 2.19. The number of aromatic nitrogens is 2. The molecular formula is C24H21N3O2. The molecule has 29 heavy (non-hydrogen) atoms. The molecule has 5 heteroatoms. The summed E-state index contributed by atoms with van der Waals surface area (Å²) in [5, 5.41) is 4.84. The number of amides is 1. The number of aryl methyl sites for hydroxylation is 1. The molecule has 1 amide bonds. The molecule has 0 atom stereocenters. The average molecular weight is 383 g/mol. The maximum Gasteiger partial charge on any atom is 0.229 e. The lowest BCUT2D eigenvalue weighted by atomic mass is 10.1. The molecule has 0 unspecified atom stereocenters. The Morgan fingerprint density at radius 3 is 2.28 bits per heavy atom. The van der Waals surface area contributed by atoms with Crippen molar-refractivity contribution in [2.24, 2.45) is 0 Å². The van der Waals surface area contributed by atoms with Crippen LogP contribution in [0.5, 0.6) is 0 Å². The molecule has 4 rings (SSSR count). The topological polar surface area (TPSA) is 55.2 Å². The zero-order valence-corrected chi connectivity index (χ0v) is 15.9. The summed E-state index contributed by atoms with van der Waals surface area (Å²) < 4.78 is 1.72. The van der Waals surface area contributed by atoms with Crippen molar-refractivity contribution in [3.8, 4) is 0 Å². The van der Waals surface area contributed by atoms with Gasteiger partial charge in [-0.05, 0) is 29.8 Å². The van der Waals surface area contributed by atoms with E-state index in [2.05, 4.69) is 5.10 Å². The van der Waals surface area contributed by atoms with Gasteiger partial charge in [0.2, 0.25) is 11.3 Å². The van der Waals surface area contributed by atoms with Gasteiger partial charge in [-0.25, -0.2) is 0 Å². The van der Waals surface area contributed by atoms with Crippen LogP contribution in [0.25, 0.3) is 10.9 Å². The molecule has 0 saturated heterocycles. The smallest absolute Gasteiger partial charge is 0.229 e. The van der Waals surface area contributed by atoms with E-state index >= 15 is 0 Å². The monoisotopic (exact) mass is 383 g/mol.